The Hall–Kier alpha value is -1.92. The molecular weight excluding hydrogens is 287 g/mol. The Bertz CT molecular complexity index is 699. The molecule has 0 atom stereocenters. The molecule has 1 aliphatic rings. The van der Waals surface area contributed by atoms with Crippen molar-refractivity contribution in [2.45, 2.75) is 13.0 Å². The first-order valence-electron chi connectivity index (χ1n) is 5.95. The van der Waals surface area contributed by atoms with Gasteiger partial charge in [-0.1, -0.05) is 11.6 Å². The second kappa shape index (κ2) is 4.88. The Morgan fingerprint density at radius 2 is 2.30 bits per heavy atom. The largest absolute Gasteiger partial charge is 0.476 e. The Morgan fingerprint density at radius 3 is 3.00 bits per heavy atom. The number of aromatic carboxylic acids is 1. The van der Waals surface area contributed by atoms with Crippen LogP contribution in [0.3, 0.4) is 0 Å². The predicted octanol–water partition coefficient (Wildman–Crippen LogP) is 2.44. The monoisotopic (exact) mass is 296 g/mol. The zero-order valence-corrected chi connectivity index (χ0v) is 11.0. The number of fused-ring (bicyclic) bond motifs is 1. The molecule has 0 radical (unpaired) electrons. The van der Waals surface area contributed by atoms with E-state index >= 15 is 0 Å². The lowest BCUT2D eigenvalue weighted by Gasteiger charge is -2.14. The Kier molecular flexibility index (Phi) is 3.19. The van der Waals surface area contributed by atoms with Gasteiger partial charge in [-0.3, -0.25) is 0 Å². The van der Waals surface area contributed by atoms with Crippen LogP contribution in [0.5, 0.6) is 0 Å². The average molecular weight is 297 g/mol. The average Bonchev–Trinajstić information content (AvgIpc) is 2.82. The molecule has 3 rings (SSSR count). The third kappa shape index (κ3) is 2.07. The molecule has 1 N–H and O–H groups in total. The summed E-state index contributed by atoms with van der Waals surface area (Å²) in [5, 5.41) is 13.2. The number of carboxylic acid groups (broad SMARTS) is 1. The zero-order valence-electron chi connectivity index (χ0n) is 10.3. The smallest absolute Gasteiger partial charge is 0.356 e. The third-order valence-electron chi connectivity index (χ3n) is 3.17. The van der Waals surface area contributed by atoms with E-state index in [2.05, 4.69) is 5.10 Å². The first kappa shape index (κ1) is 13.1. The van der Waals surface area contributed by atoms with E-state index in [4.69, 9.17) is 16.3 Å². The fourth-order valence-electron chi connectivity index (χ4n) is 2.24. The van der Waals surface area contributed by atoms with Gasteiger partial charge in [0.15, 0.2) is 5.69 Å². The van der Waals surface area contributed by atoms with Gasteiger partial charge in [0.2, 0.25) is 0 Å². The lowest BCUT2D eigenvalue weighted by molar-refractivity contribution is 0.0677. The highest BCUT2D eigenvalue weighted by Gasteiger charge is 2.25. The van der Waals surface area contributed by atoms with Crippen LogP contribution in [0.2, 0.25) is 5.02 Å². The molecule has 0 unspecified atom stereocenters. The van der Waals surface area contributed by atoms with Gasteiger partial charge in [-0.25, -0.2) is 13.9 Å². The van der Waals surface area contributed by atoms with E-state index in [-0.39, 0.29) is 17.3 Å². The van der Waals surface area contributed by atoms with Gasteiger partial charge in [-0.05, 0) is 12.1 Å². The number of hydrogen-bond acceptors (Lipinski definition) is 3. The highest BCUT2D eigenvalue weighted by molar-refractivity contribution is 6.30. The van der Waals surface area contributed by atoms with Crippen molar-refractivity contribution in [2.24, 2.45) is 0 Å². The second-order valence-corrected chi connectivity index (χ2v) is 4.80. The van der Waals surface area contributed by atoms with Gasteiger partial charge in [0.05, 0.1) is 29.6 Å². The molecule has 1 aliphatic heterocycles. The molecule has 0 spiro atoms. The molecule has 0 aliphatic carbocycles. The maximum absolute atomic E-state index is 13.5. The number of hydrogen-bond donors (Lipinski definition) is 1. The summed E-state index contributed by atoms with van der Waals surface area (Å²) in [5.74, 6) is -1.70. The number of benzene rings is 1. The minimum Gasteiger partial charge on any atom is -0.476 e. The van der Waals surface area contributed by atoms with Crippen LogP contribution in [0.4, 0.5) is 4.39 Å². The molecule has 0 saturated carbocycles. The molecule has 2 heterocycles. The maximum atomic E-state index is 13.5. The van der Waals surface area contributed by atoms with Crippen LogP contribution in [-0.4, -0.2) is 27.5 Å². The van der Waals surface area contributed by atoms with Crippen molar-refractivity contribution >= 4 is 17.6 Å². The maximum Gasteiger partial charge on any atom is 0.356 e. The Morgan fingerprint density at radius 1 is 1.50 bits per heavy atom. The molecule has 20 heavy (non-hydrogen) atoms. The molecule has 104 valence electrons. The summed E-state index contributed by atoms with van der Waals surface area (Å²) in [6.07, 6.45) is 0.528. The van der Waals surface area contributed by atoms with E-state index in [1.807, 2.05) is 0 Å². The van der Waals surface area contributed by atoms with E-state index in [1.165, 1.54) is 16.8 Å². The summed E-state index contributed by atoms with van der Waals surface area (Å²) in [6.45, 7) is 0.681. The van der Waals surface area contributed by atoms with E-state index < -0.39 is 11.8 Å². The molecular formula is C13H10ClFN2O3. The summed E-state index contributed by atoms with van der Waals surface area (Å²) < 4.78 is 20.3. The number of halogens is 2. The number of carboxylic acids is 1. The van der Waals surface area contributed by atoms with E-state index in [0.717, 1.165) is 5.69 Å². The molecule has 0 amide bonds. The molecule has 2 aromatic rings. The van der Waals surface area contributed by atoms with Crippen molar-refractivity contribution < 1.29 is 19.0 Å². The van der Waals surface area contributed by atoms with Crippen molar-refractivity contribution in [1.29, 1.82) is 0 Å². The SMILES string of the molecule is O=C(O)c1nn(-c2ccc(Cl)c(F)c2)c2c1COCC2. The van der Waals surface area contributed by atoms with E-state index in [0.29, 0.717) is 24.3 Å². The molecule has 0 saturated heterocycles. The summed E-state index contributed by atoms with van der Waals surface area (Å²) >= 11 is 5.65. The van der Waals surface area contributed by atoms with Crippen LogP contribution in [-0.2, 0) is 17.8 Å². The van der Waals surface area contributed by atoms with Crippen LogP contribution in [0.1, 0.15) is 21.7 Å². The fourth-order valence-corrected chi connectivity index (χ4v) is 2.36. The second-order valence-electron chi connectivity index (χ2n) is 4.39. The highest BCUT2D eigenvalue weighted by Crippen LogP contribution is 2.25. The predicted molar refractivity (Wildman–Crippen MR) is 68.9 cm³/mol. The number of aromatic nitrogens is 2. The summed E-state index contributed by atoms with van der Waals surface area (Å²) in [6, 6.07) is 4.25. The molecule has 0 bridgehead atoms. The van der Waals surface area contributed by atoms with Gasteiger partial charge in [0.25, 0.3) is 0 Å². The van der Waals surface area contributed by atoms with Gasteiger partial charge in [0.1, 0.15) is 5.82 Å². The van der Waals surface area contributed by atoms with Gasteiger partial charge in [0, 0.05) is 18.1 Å². The summed E-state index contributed by atoms with van der Waals surface area (Å²) in [5.41, 5.74) is 1.65. The van der Waals surface area contributed by atoms with Gasteiger partial charge in [-0.15, -0.1) is 0 Å². The lowest BCUT2D eigenvalue weighted by atomic mass is 10.1. The van der Waals surface area contributed by atoms with Crippen molar-refractivity contribution in [2.75, 3.05) is 6.61 Å². The lowest BCUT2D eigenvalue weighted by Crippen LogP contribution is -2.13. The van der Waals surface area contributed by atoms with Crippen molar-refractivity contribution in [3.8, 4) is 5.69 Å². The molecule has 5 nitrogen and oxygen atoms in total. The Labute approximate surface area is 118 Å². The van der Waals surface area contributed by atoms with Crippen LogP contribution >= 0.6 is 11.6 Å². The van der Waals surface area contributed by atoms with Gasteiger partial charge in [-0.2, -0.15) is 5.10 Å². The van der Waals surface area contributed by atoms with Gasteiger partial charge >= 0.3 is 5.97 Å². The zero-order chi connectivity index (χ0) is 14.3. The number of nitrogens with zero attached hydrogens (tertiary/aromatic N) is 2. The minimum absolute atomic E-state index is 0.0107. The quantitative estimate of drug-likeness (QED) is 0.924. The number of ether oxygens (including phenoxy) is 1. The first-order chi connectivity index (χ1) is 9.58. The van der Waals surface area contributed by atoms with Crippen molar-refractivity contribution in [3.05, 3.63) is 46.0 Å². The van der Waals surface area contributed by atoms with Gasteiger partial charge < -0.3 is 9.84 Å². The summed E-state index contributed by atoms with van der Waals surface area (Å²) in [7, 11) is 0. The van der Waals surface area contributed by atoms with Crippen LogP contribution in [0.25, 0.3) is 5.69 Å². The number of rotatable bonds is 2. The third-order valence-corrected chi connectivity index (χ3v) is 3.48. The van der Waals surface area contributed by atoms with Crippen molar-refractivity contribution in [3.63, 3.8) is 0 Å². The normalized spacial score (nSPS) is 14.1. The molecule has 0 fully saturated rings. The highest BCUT2D eigenvalue weighted by atomic mass is 35.5. The summed E-state index contributed by atoms with van der Waals surface area (Å²) in [4.78, 5) is 11.2. The Balaban J connectivity index is 2.18. The standard InChI is InChI=1S/C13H10ClFN2O3/c14-9-2-1-7(5-10(9)15)17-11-3-4-20-6-8(11)12(16-17)13(18)19/h1-2,5H,3-4,6H2,(H,18,19). The molecule has 1 aromatic heterocycles. The fraction of sp³-hybridized carbons (Fsp3) is 0.231. The number of carbonyl (C=O) groups is 1. The molecule has 7 heteroatoms. The first-order valence-corrected chi connectivity index (χ1v) is 6.33. The van der Waals surface area contributed by atoms with Crippen molar-refractivity contribution in [1.82, 2.24) is 9.78 Å². The van der Waals surface area contributed by atoms with E-state index in [1.54, 1.807) is 6.07 Å². The van der Waals surface area contributed by atoms with Crippen LogP contribution < -0.4 is 0 Å². The minimum atomic E-state index is -1.13. The van der Waals surface area contributed by atoms with E-state index in [9.17, 15) is 14.3 Å². The topological polar surface area (TPSA) is 64.3 Å². The van der Waals surface area contributed by atoms with Crippen LogP contribution in [0.15, 0.2) is 18.2 Å². The molecule has 1 aromatic carbocycles. The van der Waals surface area contributed by atoms with Crippen LogP contribution in [0, 0.1) is 5.82 Å².